The molecule has 1 aromatic carbocycles. The summed E-state index contributed by atoms with van der Waals surface area (Å²) in [6, 6.07) is 5.70. The first-order chi connectivity index (χ1) is 8.74. The van der Waals surface area contributed by atoms with Crippen LogP contribution < -0.4 is 10.5 Å². The predicted octanol–water partition coefficient (Wildman–Crippen LogP) is 2.92. The normalized spacial score (nSPS) is 31.6. The lowest BCUT2D eigenvalue weighted by Gasteiger charge is -2.36. The lowest BCUT2D eigenvalue weighted by molar-refractivity contribution is -0.00923. The van der Waals surface area contributed by atoms with Crippen LogP contribution in [0.5, 0.6) is 5.75 Å². The molecule has 0 aromatic heterocycles. The van der Waals surface area contributed by atoms with Gasteiger partial charge in [0.1, 0.15) is 11.9 Å². The van der Waals surface area contributed by atoms with Crippen LogP contribution in [-0.2, 0) is 4.74 Å². The first-order valence-electron chi connectivity index (χ1n) is 6.53. The molecule has 1 aromatic rings. The van der Waals surface area contributed by atoms with Gasteiger partial charge in [0.2, 0.25) is 0 Å². The smallest absolute Gasteiger partial charge is 0.124 e. The van der Waals surface area contributed by atoms with Crippen LogP contribution in [0.2, 0.25) is 5.02 Å². The molecule has 1 saturated heterocycles. The van der Waals surface area contributed by atoms with Crippen molar-refractivity contribution in [3.8, 4) is 5.75 Å². The molecule has 4 heteroatoms. The van der Waals surface area contributed by atoms with E-state index in [0.717, 1.165) is 37.4 Å². The van der Waals surface area contributed by atoms with Gasteiger partial charge in [0.05, 0.1) is 6.61 Å². The van der Waals surface area contributed by atoms with E-state index < -0.39 is 0 Å². The number of benzene rings is 1. The number of fused-ring (bicyclic) bond motifs is 1. The quantitative estimate of drug-likeness (QED) is 0.851. The standard InChI is InChI=1S/C14H18ClNO2/c15-10-3-4-13-11(6-10)12(16)7-14(18-13)9-2-1-5-17-8-9/h3-4,6,9,12,14H,1-2,5,7-8,16H2. The summed E-state index contributed by atoms with van der Waals surface area (Å²) in [7, 11) is 0. The Balaban J connectivity index is 1.80. The van der Waals surface area contributed by atoms with Gasteiger partial charge >= 0.3 is 0 Å². The summed E-state index contributed by atoms with van der Waals surface area (Å²) >= 11 is 6.00. The molecule has 98 valence electrons. The molecule has 0 spiro atoms. The zero-order chi connectivity index (χ0) is 12.5. The molecule has 0 amide bonds. The maximum Gasteiger partial charge on any atom is 0.124 e. The van der Waals surface area contributed by atoms with Crippen molar-refractivity contribution in [2.24, 2.45) is 11.7 Å². The molecule has 3 nitrogen and oxygen atoms in total. The number of nitrogens with two attached hydrogens (primary N) is 1. The SMILES string of the molecule is NC1CC(C2CCCOC2)Oc2ccc(Cl)cc21. The fourth-order valence-electron chi connectivity index (χ4n) is 2.85. The number of hydrogen-bond acceptors (Lipinski definition) is 3. The van der Waals surface area contributed by atoms with Gasteiger partial charge in [-0.15, -0.1) is 0 Å². The Hall–Kier alpha value is -0.770. The van der Waals surface area contributed by atoms with Crippen LogP contribution >= 0.6 is 11.6 Å². The van der Waals surface area contributed by atoms with E-state index in [1.165, 1.54) is 6.42 Å². The highest BCUT2D eigenvalue weighted by atomic mass is 35.5. The van der Waals surface area contributed by atoms with Crippen LogP contribution in [0.4, 0.5) is 0 Å². The lowest BCUT2D eigenvalue weighted by atomic mass is 9.87. The highest BCUT2D eigenvalue weighted by Crippen LogP contribution is 2.38. The third kappa shape index (κ3) is 2.35. The van der Waals surface area contributed by atoms with Crippen LogP contribution in [0.3, 0.4) is 0 Å². The largest absolute Gasteiger partial charge is 0.490 e. The van der Waals surface area contributed by atoms with Gasteiger partial charge in [-0.05, 0) is 31.0 Å². The molecule has 3 rings (SSSR count). The van der Waals surface area contributed by atoms with E-state index in [1.54, 1.807) is 0 Å². The third-order valence-electron chi connectivity index (χ3n) is 3.86. The summed E-state index contributed by atoms with van der Waals surface area (Å²) < 4.78 is 11.6. The van der Waals surface area contributed by atoms with Crippen LogP contribution in [0.15, 0.2) is 18.2 Å². The fraction of sp³-hybridized carbons (Fsp3) is 0.571. The summed E-state index contributed by atoms with van der Waals surface area (Å²) in [5.74, 6) is 1.35. The average molecular weight is 268 g/mol. The second-order valence-corrected chi connectivity index (χ2v) is 5.59. The first kappa shape index (κ1) is 12.3. The highest BCUT2D eigenvalue weighted by Gasteiger charge is 2.32. The van der Waals surface area contributed by atoms with Gasteiger partial charge in [-0.1, -0.05) is 11.6 Å². The predicted molar refractivity (Wildman–Crippen MR) is 71.0 cm³/mol. The Kier molecular flexibility index (Phi) is 3.46. The summed E-state index contributed by atoms with van der Waals surface area (Å²) in [5.41, 5.74) is 7.26. The molecule has 0 bridgehead atoms. The van der Waals surface area contributed by atoms with E-state index >= 15 is 0 Å². The molecule has 0 aliphatic carbocycles. The van der Waals surface area contributed by atoms with E-state index in [1.807, 2.05) is 18.2 Å². The average Bonchev–Trinajstić information content (AvgIpc) is 2.40. The van der Waals surface area contributed by atoms with Gasteiger partial charge in [0.25, 0.3) is 0 Å². The van der Waals surface area contributed by atoms with Crippen LogP contribution in [0, 0.1) is 5.92 Å². The van der Waals surface area contributed by atoms with Crippen molar-refractivity contribution in [2.45, 2.75) is 31.4 Å². The summed E-state index contributed by atoms with van der Waals surface area (Å²) in [5, 5.41) is 0.715. The minimum absolute atomic E-state index is 0.0133. The van der Waals surface area contributed by atoms with Gasteiger partial charge in [0.15, 0.2) is 0 Å². The van der Waals surface area contributed by atoms with Crippen molar-refractivity contribution >= 4 is 11.6 Å². The van der Waals surface area contributed by atoms with E-state index in [2.05, 4.69) is 0 Å². The van der Waals surface area contributed by atoms with Crippen molar-refractivity contribution in [3.05, 3.63) is 28.8 Å². The van der Waals surface area contributed by atoms with E-state index in [4.69, 9.17) is 26.8 Å². The second-order valence-electron chi connectivity index (χ2n) is 5.16. The van der Waals surface area contributed by atoms with Crippen LogP contribution in [-0.4, -0.2) is 19.3 Å². The van der Waals surface area contributed by atoms with Crippen LogP contribution in [0.1, 0.15) is 30.9 Å². The zero-order valence-electron chi connectivity index (χ0n) is 10.3. The Labute approximate surface area is 112 Å². The maximum absolute atomic E-state index is 6.23. The molecular formula is C14H18ClNO2. The van der Waals surface area contributed by atoms with E-state index in [9.17, 15) is 0 Å². The molecule has 2 aliphatic rings. The van der Waals surface area contributed by atoms with Gasteiger partial charge in [-0.3, -0.25) is 0 Å². The van der Waals surface area contributed by atoms with Gasteiger partial charge in [-0.2, -0.15) is 0 Å². The topological polar surface area (TPSA) is 44.5 Å². The molecule has 2 heterocycles. The van der Waals surface area contributed by atoms with E-state index in [-0.39, 0.29) is 12.1 Å². The number of ether oxygens (including phenoxy) is 2. The summed E-state index contributed by atoms with van der Waals surface area (Å²) in [6.07, 6.45) is 3.31. The fourth-order valence-corrected chi connectivity index (χ4v) is 3.03. The Bertz CT molecular complexity index is 432. The number of hydrogen-bond donors (Lipinski definition) is 1. The third-order valence-corrected chi connectivity index (χ3v) is 4.09. The Morgan fingerprint density at radius 1 is 1.33 bits per heavy atom. The molecule has 1 fully saturated rings. The van der Waals surface area contributed by atoms with E-state index in [0.29, 0.717) is 10.9 Å². The van der Waals surface area contributed by atoms with Gasteiger partial charge in [0, 0.05) is 35.6 Å². The second kappa shape index (κ2) is 5.08. The minimum Gasteiger partial charge on any atom is -0.490 e. The minimum atomic E-state index is 0.0133. The molecule has 18 heavy (non-hydrogen) atoms. The molecular weight excluding hydrogens is 250 g/mol. The van der Waals surface area contributed by atoms with Gasteiger partial charge < -0.3 is 15.2 Å². The van der Waals surface area contributed by atoms with Crippen molar-refractivity contribution in [3.63, 3.8) is 0 Å². The molecule has 3 unspecified atom stereocenters. The van der Waals surface area contributed by atoms with Gasteiger partial charge in [-0.25, -0.2) is 0 Å². The summed E-state index contributed by atoms with van der Waals surface area (Å²) in [4.78, 5) is 0. The first-order valence-corrected chi connectivity index (χ1v) is 6.91. The maximum atomic E-state index is 6.23. The zero-order valence-corrected chi connectivity index (χ0v) is 11.0. The van der Waals surface area contributed by atoms with Crippen molar-refractivity contribution in [1.82, 2.24) is 0 Å². The Morgan fingerprint density at radius 2 is 2.22 bits per heavy atom. The molecule has 0 saturated carbocycles. The molecule has 0 radical (unpaired) electrons. The molecule has 2 N–H and O–H groups in total. The summed E-state index contributed by atoms with van der Waals surface area (Å²) in [6.45, 7) is 1.67. The molecule has 2 aliphatic heterocycles. The van der Waals surface area contributed by atoms with Crippen LogP contribution in [0.25, 0.3) is 0 Å². The van der Waals surface area contributed by atoms with Crippen molar-refractivity contribution in [2.75, 3.05) is 13.2 Å². The van der Waals surface area contributed by atoms with Crippen molar-refractivity contribution in [1.29, 1.82) is 0 Å². The highest BCUT2D eigenvalue weighted by molar-refractivity contribution is 6.30. The Morgan fingerprint density at radius 3 is 3.00 bits per heavy atom. The number of rotatable bonds is 1. The van der Waals surface area contributed by atoms with Crippen molar-refractivity contribution < 1.29 is 9.47 Å². The molecule has 3 atom stereocenters. The monoisotopic (exact) mass is 267 g/mol. The number of halogens is 1. The lowest BCUT2D eigenvalue weighted by Crippen LogP contribution is -2.38.